The van der Waals surface area contributed by atoms with Gasteiger partial charge in [-0.15, -0.1) is 6.58 Å². The highest BCUT2D eigenvalue weighted by Crippen LogP contribution is 2.32. The van der Waals surface area contributed by atoms with Crippen LogP contribution in [0.3, 0.4) is 0 Å². The second-order valence-electron chi connectivity index (χ2n) is 5.67. The molecule has 0 radical (unpaired) electrons. The number of nitrogens with one attached hydrogen (secondary N) is 1. The van der Waals surface area contributed by atoms with Crippen LogP contribution in [-0.4, -0.2) is 62.3 Å². The summed E-state index contributed by atoms with van der Waals surface area (Å²) in [7, 11) is 1.82. The smallest absolute Gasteiger partial charge is 0.231 e. The molecular formula is C17H24N4O2. The highest BCUT2D eigenvalue weighted by molar-refractivity contribution is 5.80. The molecule has 1 aromatic carbocycles. The Hall–Kier alpha value is -2.21. The van der Waals surface area contributed by atoms with Crippen LogP contribution in [0.2, 0.25) is 0 Å². The van der Waals surface area contributed by atoms with Crippen molar-refractivity contribution in [3.63, 3.8) is 0 Å². The number of guanidine groups is 1. The molecule has 1 N–H and O–H groups in total. The van der Waals surface area contributed by atoms with E-state index in [1.165, 1.54) is 5.56 Å². The Morgan fingerprint density at radius 1 is 1.26 bits per heavy atom. The standard InChI is InChI=1S/C17H24N4O2/c1-3-6-19-17(18-2)21-9-7-20(8-10-21)12-14-4-5-15-16(11-14)23-13-22-15/h3-5,11H,1,6-10,12-13H2,2H3,(H,18,19). The molecule has 0 aliphatic carbocycles. The molecule has 2 aliphatic rings. The Labute approximate surface area is 137 Å². The van der Waals surface area contributed by atoms with E-state index in [1.54, 1.807) is 0 Å². The highest BCUT2D eigenvalue weighted by atomic mass is 16.7. The third-order valence-corrected chi connectivity index (χ3v) is 4.13. The Bertz CT molecular complexity index is 580. The quantitative estimate of drug-likeness (QED) is 0.515. The Morgan fingerprint density at radius 2 is 2.04 bits per heavy atom. The summed E-state index contributed by atoms with van der Waals surface area (Å²) < 4.78 is 10.8. The molecule has 0 amide bonds. The summed E-state index contributed by atoms with van der Waals surface area (Å²) in [4.78, 5) is 9.08. The number of hydrogen-bond donors (Lipinski definition) is 1. The first kappa shape index (κ1) is 15.7. The number of hydrogen-bond acceptors (Lipinski definition) is 4. The molecule has 0 spiro atoms. The third kappa shape index (κ3) is 3.76. The predicted molar refractivity (Wildman–Crippen MR) is 91.0 cm³/mol. The van der Waals surface area contributed by atoms with Crippen LogP contribution in [0.5, 0.6) is 11.5 Å². The van der Waals surface area contributed by atoms with Crippen LogP contribution in [0.25, 0.3) is 0 Å². The van der Waals surface area contributed by atoms with Crippen LogP contribution >= 0.6 is 0 Å². The normalized spacial score (nSPS) is 18.1. The number of fused-ring (bicyclic) bond motifs is 1. The summed E-state index contributed by atoms with van der Waals surface area (Å²) in [6, 6.07) is 6.19. The van der Waals surface area contributed by atoms with Crippen molar-refractivity contribution >= 4 is 5.96 Å². The lowest BCUT2D eigenvalue weighted by Crippen LogP contribution is -2.52. The molecule has 23 heavy (non-hydrogen) atoms. The lowest BCUT2D eigenvalue weighted by atomic mass is 10.1. The molecule has 3 rings (SSSR count). The molecule has 1 saturated heterocycles. The van der Waals surface area contributed by atoms with Crippen molar-refractivity contribution < 1.29 is 9.47 Å². The van der Waals surface area contributed by atoms with E-state index in [4.69, 9.17) is 9.47 Å². The Balaban J connectivity index is 1.52. The minimum Gasteiger partial charge on any atom is -0.454 e. The summed E-state index contributed by atoms with van der Waals surface area (Å²) in [5, 5.41) is 3.29. The zero-order valence-electron chi connectivity index (χ0n) is 13.6. The van der Waals surface area contributed by atoms with Crippen molar-refractivity contribution in [2.45, 2.75) is 6.54 Å². The van der Waals surface area contributed by atoms with Gasteiger partial charge in [0.15, 0.2) is 17.5 Å². The number of piperazine rings is 1. The van der Waals surface area contributed by atoms with Crippen molar-refractivity contribution in [1.29, 1.82) is 0 Å². The maximum Gasteiger partial charge on any atom is 0.231 e. The largest absolute Gasteiger partial charge is 0.454 e. The van der Waals surface area contributed by atoms with Crippen molar-refractivity contribution in [2.24, 2.45) is 4.99 Å². The Kier molecular flexibility index (Phi) is 5.02. The minimum atomic E-state index is 0.328. The molecular weight excluding hydrogens is 292 g/mol. The van der Waals surface area contributed by atoms with Crippen molar-refractivity contribution in [3.8, 4) is 11.5 Å². The zero-order valence-corrected chi connectivity index (χ0v) is 13.6. The van der Waals surface area contributed by atoms with Crippen LogP contribution in [0, 0.1) is 0 Å². The number of benzene rings is 1. The number of nitrogens with zero attached hydrogens (tertiary/aromatic N) is 3. The maximum absolute atomic E-state index is 5.45. The van der Waals surface area contributed by atoms with Gasteiger partial charge in [0.25, 0.3) is 0 Å². The Morgan fingerprint density at radius 3 is 2.78 bits per heavy atom. The zero-order chi connectivity index (χ0) is 16.1. The van der Waals surface area contributed by atoms with Gasteiger partial charge in [-0.3, -0.25) is 9.89 Å². The molecule has 0 unspecified atom stereocenters. The average molecular weight is 316 g/mol. The van der Waals surface area contributed by atoms with Crippen molar-refractivity contribution in [1.82, 2.24) is 15.1 Å². The van der Waals surface area contributed by atoms with Gasteiger partial charge in [0.2, 0.25) is 6.79 Å². The van der Waals surface area contributed by atoms with E-state index >= 15 is 0 Å². The van der Waals surface area contributed by atoms with Gasteiger partial charge >= 0.3 is 0 Å². The maximum atomic E-state index is 5.45. The summed E-state index contributed by atoms with van der Waals surface area (Å²) in [5.41, 5.74) is 1.26. The van der Waals surface area contributed by atoms with Crippen molar-refractivity contribution in [2.75, 3.05) is 46.6 Å². The van der Waals surface area contributed by atoms with Crippen LogP contribution in [0.4, 0.5) is 0 Å². The van der Waals surface area contributed by atoms with Crippen LogP contribution < -0.4 is 14.8 Å². The molecule has 0 saturated carbocycles. The van der Waals surface area contributed by atoms with Gasteiger partial charge < -0.3 is 19.7 Å². The molecule has 124 valence electrons. The van der Waals surface area contributed by atoms with Gasteiger partial charge in [0.05, 0.1) is 0 Å². The fraction of sp³-hybridized carbons (Fsp3) is 0.471. The van der Waals surface area contributed by atoms with E-state index in [-0.39, 0.29) is 0 Å². The van der Waals surface area contributed by atoms with E-state index in [9.17, 15) is 0 Å². The second kappa shape index (κ2) is 7.37. The van der Waals surface area contributed by atoms with Gasteiger partial charge in [0.1, 0.15) is 0 Å². The van der Waals surface area contributed by atoms with Crippen LogP contribution in [-0.2, 0) is 6.54 Å². The van der Waals surface area contributed by atoms with E-state index in [2.05, 4.69) is 38.8 Å². The highest BCUT2D eigenvalue weighted by Gasteiger charge is 2.20. The first-order valence-electron chi connectivity index (χ1n) is 7.97. The third-order valence-electron chi connectivity index (χ3n) is 4.13. The predicted octanol–water partition coefficient (Wildman–Crippen LogP) is 1.29. The van der Waals surface area contributed by atoms with Gasteiger partial charge in [-0.05, 0) is 17.7 Å². The number of ether oxygens (including phenoxy) is 2. The lowest BCUT2D eigenvalue weighted by Gasteiger charge is -2.36. The molecule has 6 heteroatoms. The first-order chi connectivity index (χ1) is 11.3. The SMILES string of the molecule is C=CCNC(=NC)N1CCN(Cc2ccc3c(c2)OCO3)CC1. The van der Waals surface area contributed by atoms with Gasteiger partial charge in [-0.25, -0.2) is 0 Å². The molecule has 0 bridgehead atoms. The fourth-order valence-corrected chi connectivity index (χ4v) is 2.91. The van der Waals surface area contributed by atoms with Gasteiger partial charge in [-0.2, -0.15) is 0 Å². The van der Waals surface area contributed by atoms with E-state index in [0.29, 0.717) is 6.79 Å². The average Bonchev–Trinajstić information content (AvgIpc) is 3.04. The molecule has 2 heterocycles. The van der Waals surface area contributed by atoms with E-state index in [0.717, 1.165) is 56.7 Å². The van der Waals surface area contributed by atoms with E-state index in [1.807, 2.05) is 19.2 Å². The molecule has 6 nitrogen and oxygen atoms in total. The topological polar surface area (TPSA) is 49.3 Å². The number of rotatable bonds is 4. The molecule has 1 fully saturated rings. The minimum absolute atomic E-state index is 0.328. The summed E-state index contributed by atoms with van der Waals surface area (Å²) >= 11 is 0. The van der Waals surface area contributed by atoms with Gasteiger partial charge in [-0.1, -0.05) is 12.1 Å². The number of aliphatic imine (C=N–C) groups is 1. The molecule has 0 aromatic heterocycles. The molecule has 1 aromatic rings. The summed E-state index contributed by atoms with van der Waals surface area (Å²) in [5.74, 6) is 2.65. The van der Waals surface area contributed by atoms with Crippen molar-refractivity contribution in [3.05, 3.63) is 36.4 Å². The molecule has 2 aliphatic heterocycles. The fourth-order valence-electron chi connectivity index (χ4n) is 2.91. The summed E-state index contributed by atoms with van der Waals surface area (Å²) in [6.45, 7) is 9.72. The molecule has 0 atom stereocenters. The second-order valence-corrected chi connectivity index (χ2v) is 5.67. The van der Waals surface area contributed by atoms with E-state index < -0.39 is 0 Å². The first-order valence-corrected chi connectivity index (χ1v) is 7.97. The van der Waals surface area contributed by atoms with Crippen LogP contribution in [0.15, 0.2) is 35.8 Å². The lowest BCUT2D eigenvalue weighted by molar-refractivity contribution is 0.171. The van der Waals surface area contributed by atoms with Gasteiger partial charge in [0, 0.05) is 46.3 Å². The van der Waals surface area contributed by atoms with Crippen LogP contribution in [0.1, 0.15) is 5.56 Å². The monoisotopic (exact) mass is 316 g/mol. The summed E-state index contributed by atoms with van der Waals surface area (Å²) in [6.07, 6.45) is 1.85.